The average molecular weight is 337 g/mol. The van der Waals surface area contributed by atoms with Crippen LogP contribution in [0.25, 0.3) is 16.8 Å². The molecule has 1 heterocycles. The molecule has 4 N–H and O–H groups in total. The highest BCUT2D eigenvalue weighted by atomic mass is 19.4. The summed E-state index contributed by atoms with van der Waals surface area (Å²) >= 11 is 0. The molecule has 0 spiro atoms. The minimum absolute atomic E-state index is 0.0177. The first kappa shape index (κ1) is 15.8. The molecule has 0 aliphatic heterocycles. The number of anilines is 2. The van der Waals surface area contributed by atoms with Gasteiger partial charge in [0.25, 0.3) is 0 Å². The van der Waals surface area contributed by atoms with E-state index in [1.54, 1.807) is 0 Å². The largest absolute Gasteiger partial charge is 0.417 e. The highest BCUT2D eigenvalue weighted by Gasteiger charge is 2.35. The maximum Gasteiger partial charge on any atom is 0.417 e. The lowest BCUT2D eigenvalue weighted by molar-refractivity contribution is -0.137. The van der Waals surface area contributed by atoms with Crippen LogP contribution in [0.3, 0.4) is 0 Å². The van der Waals surface area contributed by atoms with E-state index in [-0.39, 0.29) is 28.7 Å². The lowest BCUT2D eigenvalue weighted by Gasteiger charge is -2.15. The highest BCUT2D eigenvalue weighted by Crippen LogP contribution is 2.39. The molecular weight excluding hydrogens is 326 g/mol. The van der Waals surface area contributed by atoms with E-state index in [4.69, 9.17) is 11.5 Å². The first-order chi connectivity index (χ1) is 11.3. The predicted octanol–water partition coefficient (Wildman–Crippen LogP) is 3.26. The Morgan fingerprint density at radius 2 is 1.67 bits per heavy atom. The van der Waals surface area contributed by atoms with Gasteiger partial charge >= 0.3 is 6.18 Å². The normalized spacial score (nSPS) is 11.7. The number of nitrogens with two attached hydrogens (primary N) is 2. The summed E-state index contributed by atoms with van der Waals surface area (Å²) in [4.78, 5) is 3.64. The Morgan fingerprint density at radius 1 is 0.958 bits per heavy atom. The van der Waals surface area contributed by atoms with Gasteiger partial charge in [-0.3, -0.25) is 0 Å². The Balaban J connectivity index is 2.22. The summed E-state index contributed by atoms with van der Waals surface area (Å²) in [6.45, 7) is 0. The highest BCUT2D eigenvalue weighted by molar-refractivity contribution is 5.70. The van der Waals surface area contributed by atoms with Crippen LogP contribution in [-0.2, 0) is 6.18 Å². The van der Waals surface area contributed by atoms with Gasteiger partial charge in [0, 0.05) is 5.56 Å². The number of benzene rings is 2. The van der Waals surface area contributed by atoms with E-state index < -0.39 is 17.6 Å². The third-order valence-electron chi connectivity index (χ3n) is 3.37. The van der Waals surface area contributed by atoms with Crippen molar-refractivity contribution in [3.63, 3.8) is 0 Å². The molecule has 1 aromatic heterocycles. The van der Waals surface area contributed by atoms with Gasteiger partial charge in [0.05, 0.1) is 11.3 Å². The molecule has 0 fully saturated rings. The van der Waals surface area contributed by atoms with Crippen molar-refractivity contribution >= 4 is 11.9 Å². The van der Waals surface area contributed by atoms with Gasteiger partial charge in [0.1, 0.15) is 5.82 Å². The van der Waals surface area contributed by atoms with Gasteiger partial charge in [-0.25, -0.2) is 4.39 Å². The van der Waals surface area contributed by atoms with Gasteiger partial charge in [-0.05, 0) is 23.8 Å². The number of hydrogen-bond acceptors (Lipinski definition) is 4. The third kappa shape index (κ3) is 2.75. The maximum atomic E-state index is 13.9. The predicted molar refractivity (Wildman–Crippen MR) is 80.6 cm³/mol. The number of nitrogen functional groups attached to an aromatic ring is 2. The molecule has 3 aromatic rings. The summed E-state index contributed by atoms with van der Waals surface area (Å²) < 4.78 is 55.2. The molecular formula is C15H11F4N5. The number of hydrogen-bond donors (Lipinski definition) is 2. The molecule has 9 heteroatoms. The van der Waals surface area contributed by atoms with E-state index in [2.05, 4.69) is 10.1 Å². The summed E-state index contributed by atoms with van der Waals surface area (Å²) in [6, 6.07) is 8.56. The van der Waals surface area contributed by atoms with Crippen molar-refractivity contribution < 1.29 is 17.6 Å². The monoisotopic (exact) mass is 337 g/mol. The second-order valence-electron chi connectivity index (χ2n) is 4.95. The SMILES string of the molecule is Nc1nc(N)n(-c2ccc(-c3ccccc3F)c(C(F)(F)F)c2)n1. The Labute approximate surface area is 133 Å². The molecule has 0 unspecified atom stereocenters. The molecule has 3 rings (SSSR count). The Morgan fingerprint density at radius 3 is 2.25 bits per heavy atom. The van der Waals surface area contributed by atoms with Crippen molar-refractivity contribution in [3.8, 4) is 16.8 Å². The van der Waals surface area contributed by atoms with E-state index in [9.17, 15) is 17.6 Å². The van der Waals surface area contributed by atoms with Crippen LogP contribution in [0.15, 0.2) is 42.5 Å². The fraction of sp³-hybridized carbons (Fsp3) is 0.0667. The second-order valence-corrected chi connectivity index (χ2v) is 4.95. The lowest BCUT2D eigenvalue weighted by atomic mass is 9.98. The molecule has 0 aliphatic carbocycles. The Kier molecular flexibility index (Phi) is 3.63. The molecule has 0 bridgehead atoms. The van der Waals surface area contributed by atoms with Gasteiger partial charge in [0.2, 0.25) is 11.9 Å². The summed E-state index contributed by atoms with van der Waals surface area (Å²) in [5.41, 5.74) is 9.53. The van der Waals surface area contributed by atoms with E-state index in [0.717, 1.165) is 22.9 Å². The zero-order chi connectivity index (χ0) is 17.5. The third-order valence-corrected chi connectivity index (χ3v) is 3.37. The molecule has 24 heavy (non-hydrogen) atoms. The van der Waals surface area contributed by atoms with Crippen molar-refractivity contribution in [2.45, 2.75) is 6.18 Å². The van der Waals surface area contributed by atoms with Crippen molar-refractivity contribution in [1.82, 2.24) is 14.8 Å². The van der Waals surface area contributed by atoms with Crippen LogP contribution >= 0.6 is 0 Å². The van der Waals surface area contributed by atoms with Crippen LogP contribution in [-0.4, -0.2) is 14.8 Å². The van der Waals surface area contributed by atoms with E-state index in [0.29, 0.717) is 0 Å². The van der Waals surface area contributed by atoms with Crippen LogP contribution in [0.5, 0.6) is 0 Å². The summed E-state index contributed by atoms with van der Waals surface area (Å²) in [6.07, 6.45) is -4.70. The second kappa shape index (κ2) is 5.52. The molecule has 5 nitrogen and oxygen atoms in total. The average Bonchev–Trinajstić information content (AvgIpc) is 2.85. The van der Waals surface area contributed by atoms with Crippen molar-refractivity contribution in [2.75, 3.05) is 11.5 Å². The smallest absolute Gasteiger partial charge is 0.368 e. The fourth-order valence-electron chi connectivity index (χ4n) is 2.34. The molecule has 0 aliphatic rings. The number of aromatic nitrogens is 3. The molecule has 2 aromatic carbocycles. The zero-order valence-electron chi connectivity index (χ0n) is 12.0. The quantitative estimate of drug-likeness (QED) is 0.703. The molecule has 0 saturated carbocycles. The number of rotatable bonds is 2. The minimum atomic E-state index is -4.70. The molecule has 0 radical (unpaired) electrons. The fourth-order valence-corrected chi connectivity index (χ4v) is 2.34. The summed E-state index contributed by atoms with van der Waals surface area (Å²) in [5.74, 6) is -1.07. The van der Waals surface area contributed by atoms with Gasteiger partial charge in [-0.2, -0.15) is 22.8 Å². The Bertz CT molecular complexity index is 901. The maximum absolute atomic E-state index is 13.9. The lowest BCUT2D eigenvalue weighted by Crippen LogP contribution is -2.10. The number of halogens is 4. The van der Waals surface area contributed by atoms with Crippen molar-refractivity contribution in [1.29, 1.82) is 0 Å². The molecule has 0 amide bonds. The van der Waals surface area contributed by atoms with Crippen LogP contribution in [0.4, 0.5) is 29.5 Å². The standard InChI is InChI=1S/C15H11F4N5/c16-12-4-2-1-3-10(12)9-6-5-8(7-11(9)15(17,18)19)24-14(21)22-13(20)23-24/h1-7H,(H4,20,21,22,23). The van der Waals surface area contributed by atoms with E-state index >= 15 is 0 Å². The van der Waals surface area contributed by atoms with Crippen LogP contribution in [0, 0.1) is 5.82 Å². The van der Waals surface area contributed by atoms with Crippen molar-refractivity contribution in [3.05, 3.63) is 53.8 Å². The topological polar surface area (TPSA) is 82.7 Å². The van der Waals surface area contributed by atoms with Crippen LogP contribution in [0.1, 0.15) is 5.56 Å². The van der Waals surface area contributed by atoms with Crippen LogP contribution in [0.2, 0.25) is 0 Å². The summed E-state index contributed by atoms with van der Waals surface area (Å²) in [7, 11) is 0. The van der Waals surface area contributed by atoms with Gasteiger partial charge < -0.3 is 11.5 Å². The van der Waals surface area contributed by atoms with E-state index in [1.807, 2.05) is 0 Å². The minimum Gasteiger partial charge on any atom is -0.368 e. The first-order valence-electron chi connectivity index (χ1n) is 6.72. The molecule has 0 atom stereocenters. The van der Waals surface area contributed by atoms with E-state index in [1.165, 1.54) is 24.3 Å². The van der Waals surface area contributed by atoms with Crippen LogP contribution < -0.4 is 11.5 Å². The van der Waals surface area contributed by atoms with Crippen molar-refractivity contribution in [2.24, 2.45) is 0 Å². The Hall–Kier alpha value is -3.10. The van der Waals surface area contributed by atoms with Gasteiger partial charge in [-0.1, -0.05) is 24.3 Å². The summed E-state index contributed by atoms with van der Waals surface area (Å²) in [5, 5.41) is 3.74. The molecule has 124 valence electrons. The van der Waals surface area contributed by atoms with Gasteiger partial charge in [-0.15, -0.1) is 5.10 Å². The number of alkyl halides is 3. The number of nitrogens with zero attached hydrogens (tertiary/aromatic N) is 3. The molecule has 0 saturated heterocycles. The van der Waals surface area contributed by atoms with Gasteiger partial charge in [0.15, 0.2) is 0 Å². The zero-order valence-corrected chi connectivity index (χ0v) is 12.0. The first-order valence-corrected chi connectivity index (χ1v) is 6.72.